The molecular weight excluding hydrogens is 509 g/mol. The van der Waals surface area contributed by atoms with E-state index in [2.05, 4.69) is 10.2 Å². The van der Waals surface area contributed by atoms with E-state index in [0.717, 1.165) is 42.9 Å². The monoisotopic (exact) mass is 545 g/mol. The van der Waals surface area contributed by atoms with Crippen molar-refractivity contribution in [3.63, 3.8) is 0 Å². The Hall–Kier alpha value is -3.16. The van der Waals surface area contributed by atoms with Crippen LogP contribution in [-0.2, 0) is 16.1 Å². The zero-order chi connectivity index (χ0) is 27.0. The second-order valence-corrected chi connectivity index (χ2v) is 11.6. The molecular formula is C32H36FN3O2S. The molecule has 0 spiro atoms. The second kappa shape index (κ2) is 13.3. The largest absolute Gasteiger partial charge is 0.352 e. The zero-order valence-electron chi connectivity index (χ0n) is 22.3. The van der Waals surface area contributed by atoms with Crippen molar-refractivity contribution in [1.82, 2.24) is 15.1 Å². The molecule has 0 saturated carbocycles. The number of rotatable bonds is 8. The van der Waals surface area contributed by atoms with E-state index < -0.39 is 0 Å². The Balaban J connectivity index is 1.29. The quantitative estimate of drug-likeness (QED) is 0.331. The van der Waals surface area contributed by atoms with Gasteiger partial charge in [-0.1, -0.05) is 61.4 Å². The number of nitrogens with zero attached hydrogens (tertiary/aromatic N) is 2. The zero-order valence-corrected chi connectivity index (χ0v) is 23.1. The molecule has 5 rings (SSSR count). The van der Waals surface area contributed by atoms with Gasteiger partial charge in [0.05, 0.1) is 16.7 Å². The maximum Gasteiger partial charge on any atom is 0.264 e. The minimum atomic E-state index is -0.309. The lowest BCUT2D eigenvalue weighted by Crippen LogP contribution is -2.40. The fourth-order valence-corrected chi connectivity index (χ4v) is 6.57. The highest BCUT2D eigenvalue weighted by molar-refractivity contribution is 8.05. The molecule has 1 atom stereocenters. The molecule has 204 valence electrons. The van der Waals surface area contributed by atoms with Crippen molar-refractivity contribution in [1.29, 1.82) is 0 Å². The van der Waals surface area contributed by atoms with Gasteiger partial charge in [-0.3, -0.25) is 9.59 Å². The van der Waals surface area contributed by atoms with Crippen molar-refractivity contribution in [3.8, 4) is 0 Å². The summed E-state index contributed by atoms with van der Waals surface area (Å²) in [5, 5.41) is 3.11. The normalized spacial score (nSPS) is 21.2. The van der Waals surface area contributed by atoms with Gasteiger partial charge in [-0.05, 0) is 80.7 Å². The van der Waals surface area contributed by atoms with Gasteiger partial charge in [-0.15, -0.1) is 11.8 Å². The predicted molar refractivity (Wildman–Crippen MR) is 156 cm³/mol. The summed E-state index contributed by atoms with van der Waals surface area (Å²) in [5.41, 5.74) is 3.24. The fraction of sp³-hybridized carbons (Fsp3) is 0.375. The summed E-state index contributed by atoms with van der Waals surface area (Å²) >= 11 is 1.55. The molecule has 3 aliphatic rings. The summed E-state index contributed by atoms with van der Waals surface area (Å²) in [6.45, 7) is 4.27. The van der Waals surface area contributed by atoms with Crippen LogP contribution in [0.4, 0.5) is 4.39 Å². The first-order valence-electron chi connectivity index (χ1n) is 14.0. The molecule has 2 amide bonds. The van der Waals surface area contributed by atoms with E-state index in [-0.39, 0.29) is 22.9 Å². The summed E-state index contributed by atoms with van der Waals surface area (Å²) in [6, 6.07) is 16.1. The Labute approximate surface area is 234 Å². The fourth-order valence-electron chi connectivity index (χ4n) is 5.34. The topological polar surface area (TPSA) is 52.7 Å². The van der Waals surface area contributed by atoms with Gasteiger partial charge in [0, 0.05) is 17.8 Å². The highest BCUT2D eigenvalue weighted by atomic mass is 32.2. The standard InChI is InChI=1S/C32H36FN3O2S/c33-27-14-11-25(12-15-27)23-36-28-22-26(31(37)34-17-8-20-35-18-6-1-2-7-19-35)13-16-29(28)39-30(32(36)38)21-24-9-4-3-5-10-24/h3-5,9-15,21-22,29H,1-2,6-8,16-20,23H2,(H,34,37)/b30-21-. The molecule has 0 aromatic heterocycles. The molecule has 2 heterocycles. The van der Waals surface area contributed by atoms with Crippen LogP contribution < -0.4 is 5.32 Å². The lowest BCUT2D eigenvalue weighted by Gasteiger charge is -2.38. The average molecular weight is 546 g/mol. The number of carbonyl (C=O) groups excluding carboxylic acids is 2. The Bertz CT molecular complexity index is 1250. The lowest BCUT2D eigenvalue weighted by molar-refractivity contribution is -0.125. The number of carbonyl (C=O) groups is 2. The van der Waals surface area contributed by atoms with Gasteiger partial charge in [-0.25, -0.2) is 4.39 Å². The van der Waals surface area contributed by atoms with Crippen LogP contribution in [0, 0.1) is 5.82 Å². The number of thioether (sulfide) groups is 1. The average Bonchev–Trinajstić information content (AvgIpc) is 3.23. The van der Waals surface area contributed by atoms with Crippen molar-refractivity contribution >= 4 is 29.7 Å². The number of halogens is 1. The first-order chi connectivity index (χ1) is 19.1. The maximum atomic E-state index is 13.7. The molecule has 7 heteroatoms. The van der Waals surface area contributed by atoms with Gasteiger partial charge in [0.1, 0.15) is 5.82 Å². The van der Waals surface area contributed by atoms with Crippen LogP contribution >= 0.6 is 11.8 Å². The van der Waals surface area contributed by atoms with Gasteiger partial charge in [0.15, 0.2) is 0 Å². The third kappa shape index (κ3) is 7.28. The van der Waals surface area contributed by atoms with Gasteiger partial charge < -0.3 is 15.1 Å². The van der Waals surface area contributed by atoms with E-state index in [1.807, 2.05) is 48.6 Å². The molecule has 0 radical (unpaired) electrons. The van der Waals surface area contributed by atoms with Gasteiger partial charge >= 0.3 is 0 Å². The van der Waals surface area contributed by atoms with Crippen LogP contribution in [0.5, 0.6) is 0 Å². The van der Waals surface area contributed by atoms with Crippen molar-refractivity contribution in [2.75, 3.05) is 26.2 Å². The minimum Gasteiger partial charge on any atom is -0.352 e. The number of allylic oxidation sites excluding steroid dienone is 1. The summed E-state index contributed by atoms with van der Waals surface area (Å²) in [5.74, 6) is -0.507. The summed E-state index contributed by atoms with van der Waals surface area (Å²) in [7, 11) is 0. The molecule has 39 heavy (non-hydrogen) atoms. The first-order valence-corrected chi connectivity index (χ1v) is 14.9. The maximum absolute atomic E-state index is 13.7. The molecule has 2 aromatic carbocycles. The van der Waals surface area contributed by atoms with E-state index >= 15 is 0 Å². The third-order valence-electron chi connectivity index (χ3n) is 7.47. The predicted octanol–water partition coefficient (Wildman–Crippen LogP) is 5.91. The molecule has 1 N–H and O–H groups in total. The summed E-state index contributed by atoms with van der Waals surface area (Å²) in [4.78, 5) is 31.7. The molecule has 1 unspecified atom stereocenters. The minimum absolute atomic E-state index is 0.0256. The number of benzene rings is 2. The van der Waals surface area contributed by atoms with E-state index in [0.29, 0.717) is 30.0 Å². The molecule has 2 aliphatic heterocycles. The van der Waals surface area contributed by atoms with E-state index in [9.17, 15) is 14.0 Å². The number of nitrogens with one attached hydrogen (secondary N) is 1. The summed E-state index contributed by atoms with van der Waals surface area (Å²) < 4.78 is 13.5. The number of amides is 2. The van der Waals surface area contributed by atoms with Crippen LogP contribution in [0.2, 0.25) is 0 Å². The number of fused-ring (bicyclic) bond motifs is 1. The Morgan fingerprint density at radius 1 is 1.03 bits per heavy atom. The number of likely N-dealkylation sites (tertiary alicyclic amines) is 1. The highest BCUT2D eigenvalue weighted by Gasteiger charge is 2.37. The molecule has 2 aromatic rings. The van der Waals surface area contributed by atoms with E-state index in [1.165, 1.54) is 37.8 Å². The summed E-state index contributed by atoms with van der Waals surface area (Å²) in [6.07, 6.45) is 12.5. The van der Waals surface area contributed by atoms with Crippen molar-refractivity contribution in [3.05, 3.63) is 99.9 Å². The molecule has 5 nitrogen and oxygen atoms in total. The highest BCUT2D eigenvalue weighted by Crippen LogP contribution is 2.42. The van der Waals surface area contributed by atoms with Crippen LogP contribution in [-0.4, -0.2) is 53.0 Å². The van der Waals surface area contributed by atoms with Crippen LogP contribution in [0.15, 0.2) is 82.9 Å². The smallest absolute Gasteiger partial charge is 0.264 e. The Kier molecular flexibility index (Phi) is 9.32. The van der Waals surface area contributed by atoms with Gasteiger partial charge in [0.2, 0.25) is 0 Å². The SMILES string of the molecule is O=C(NCCCN1CCCCCC1)C1=CCC2S/C(=C\c3ccccc3)C(=O)N(Cc3ccc(F)cc3)C2=C1. The van der Waals surface area contributed by atoms with Crippen molar-refractivity contribution in [2.24, 2.45) is 0 Å². The van der Waals surface area contributed by atoms with E-state index in [1.54, 1.807) is 28.8 Å². The Morgan fingerprint density at radius 3 is 2.51 bits per heavy atom. The second-order valence-electron chi connectivity index (χ2n) is 10.4. The molecule has 0 bridgehead atoms. The third-order valence-corrected chi connectivity index (χ3v) is 8.74. The first kappa shape index (κ1) is 27.4. The van der Waals surface area contributed by atoms with Crippen molar-refractivity contribution in [2.45, 2.75) is 50.3 Å². The van der Waals surface area contributed by atoms with Crippen LogP contribution in [0.3, 0.4) is 0 Å². The molecule has 1 aliphatic carbocycles. The van der Waals surface area contributed by atoms with Crippen LogP contribution in [0.25, 0.3) is 6.08 Å². The lowest BCUT2D eigenvalue weighted by atomic mass is 10.0. The van der Waals surface area contributed by atoms with Gasteiger partial charge in [0.25, 0.3) is 11.8 Å². The van der Waals surface area contributed by atoms with Crippen LogP contribution in [0.1, 0.15) is 49.7 Å². The van der Waals surface area contributed by atoms with Crippen molar-refractivity contribution < 1.29 is 14.0 Å². The Morgan fingerprint density at radius 2 is 1.77 bits per heavy atom. The number of hydrogen-bond donors (Lipinski definition) is 1. The molecule has 2 saturated heterocycles. The molecule has 2 fully saturated rings. The van der Waals surface area contributed by atoms with Gasteiger partial charge in [-0.2, -0.15) is 0 Å². The number of hydrogen-bond acceptors (Lipinski definition) is 4. The van der Waals surface area contributed by atoms with E-state index in [4.69, 9.17) is 0 Å².